The van der Waals surface area contributed by atoms with Crippen LogP contribution in [0.2, 0.25) is 0 Å². The van der Waals surface area contributed by atoms with Gasteiger partial charge in [-0.05, 0) is 115 Å². The second kappa shape index (κ2) is 13.0. The van der Waals surface area contributed by atoms with E-state index < -0.39 is 0 Å². The van der Waals surface area contributed by atoms with Crippen molar-refractivity contribution in [2.45, 2.75) is 112 Å². The SMILES string of the molecule is CC1=CCN(C(C)(C)C)CC1.CC1CCN(C(C)(C)C)CC1.CN1CCN(C(C)(C)C)CC1. The number of likely N-dealkylation sites (tertiary alicyclic amines) is 1. The number of piperazine rings is 1. The highest BCUT2D eigenvalue weighted by molar-refractivity contribution is 5.05. The Balaban J connectivity index is 0.000000247. The highest BCUT2D eigenvalue weighted by Crippen LogP contribution is 2.23. The minimum Gasteiger partial charge on any atom is -0.304 e. The molecule has 2 fully saturated rings. The van der Waals surface area contributed by atoms with E-state index in [2.05, 4.69) is 109 Å². The Morgan fingerprint density at radius 2 is 1.06 bits per heavy atom. The number of likely N-dealkylation sites (N-methyl/N-ethyl adjacent to an activating group) is 1. The molecule has 0 radical (unpaired) electrons. The van der Waals surface area contributed by atoms with Gasteiger partial charge in [0, 0.05) is 55.9 Å². The first-order valence-electron chi connectivity index (χ1n) is 13.6. The molecule has 3 aliphatic rings. The van der Waals surface area contributed by atoms with Gasteiger partial charge < -0.3 is 4.90 Å². The quantitative estimate of drug-likeness (QED) is 0.408. The zero-order chi connectivity index (χ0) is 25.4. The number of hydrogen-bond acceptors (Lipinski definition) is 4. The predicted molar refractivity (Wildman–Crippen MR) is 148 cm³/mol. The summed E-state index contributed by atoms with van der Waals surface area (Å²) < 4.78 is 0. The van der Waals surface area contributed by atoms with Crippen LogP contribution in [0.15, 0.2) is 11.6 Å². The molecule has 0 aliphatic carbocycles. The summed E-state index contributed by atoms with van der Waals surface area (Å²) in [6.07, 6.45) is 6.36. The molecule has 33 heavy (non-hydrogen) atoms. The molecule has 0 aromatic heterocycles. The molecule has 4 heteroatoms. The normalized spacial score (nSPS) is 23.2. The van der Waals surface area contributed by atoms with E-state index in [1.807, 2.05) is 0 Å². The molecule has 4 nitrogen and oxygen atoms in total. The van der Waals surface area contributed by atoms with E-state index in [-0.39, 0.29) is 0 Å². The minimum absolute atomic E-state index is 0.344. The van der Waals surface area contributed by atoms with Crippen LogP contribution >= 0.6 is 0 Å². The van der Waals surface area contributed by atoms with Gasteiger partial charge in [0.1, 0.15) is 0 Å². The molecule has 0 saturated carbocycles. The van der Waals surface area contributed by atoms with Gasteiger partial charge in [-0.2, -0.15) is 0 Å². The van der Waals surface area contributed by atoms with E-state index in [4.69, 9.17) is 0 Å². The first-order valence-corrected chi connectivity index (χ1v) is 13.6. The van der Waals surface area contributed by atoms with Gasteiger partial charge in [0.15, 0.2) is 0 Å². The molecule has 0 aromatic rings. The fraction of sp³-hybridized carbons (Fsp3) is 0.931. The summed E-state index contributed by atoms with van der Waals surface area (Å²) in [5.41, 5.74) is 2.64. The van der Waals surface area contributed by atoms with Gasteiger partial charge in [-0.15, -0.1) is 0 Å². The smallest absolute Gasteiger partial charge is 0.0171 e. The van der Waals surface area contributed by atoms with Crippen molar-refractivity contribution in [2.75, 3.05) is 59.4 Å². The van der Waals surface area contributed by atoms with Crippen molar-refractivity contribution >= 4 is 0 Å². The lowest BCUT2D eigenvalue weighted by Crippen LogP contribution is -2.52. The van der Waals surface area contributed by atoms with Crippen LogP contribution in [-0.2, 0) is 0 Å². The average molecular weight is 465 g/mol. The van der Waals surface area contributed by atoms with E-state index in [0.717, 1.165) is 12.5 Å². The number of piperidine rings is 1. The predicted octanol–water partition coefficient (Wildman–Crippen LogP) is 5.99. The van der Waals surface area contributed by atoms with Crippen molar-refractivity contribution in [2.24, 2.45) is 5.92 Å². The lowest BCUT2D eigenvalue weighted by atomic mass is 9.95. The highest BCUT2D eigenvalue weighted by atomic mass is 15.3. The zero-order valence-electron chi connectivity index (χ0n) is 24.7. The molecule has 196 valence electrons. The standard InChI is InChI=1S/C10H21N.C10H19N.C9H20N2/c2*1-9-5-7-11(8-6-9)10(2,3)4;1-9(2,3)11-7-5-10(4)6-8-11/h9H,5-8H2,1-4H3;5H,6-8H2,1-4H3;5-8H2,1-4H3. The van der Waals surface area contributed by atoms with Crippen LogP contribution in [0, 0.1) is 5.92 Å². The van der Waals surface area contributed by atoms with Gasteiger partial charge in [0.05, 0.1) is 0 Å². The monoisotopic (exact) mass is 464 g/mol. The number of rotatable bonds is 0. The Morgan fingerprint density at radius 1 is 0.636 bits per heavy atom. The topological polar surface area (TPSA) is 13.0 Å². The van der Waals surface area contributed by atoms with Gasteiger partial charge >= 0.3 is 0 Å². The van der Waals surface area contributed by atoms with Crippen molar-refractivity contribution in [3.63, 3.8) is 0 Å². The van der Waals surface area contributed by atoms with Crippen LogP contribution < -0.4 is 0 Å². The van der Waals surface area contributed by atoms with E-state index in [9.17, 15) is 0 Å². The third-order valence-corrected chi connectivity index (χ3v) is 7.57. The minimum atomic E-state index is 0.344. The van der Waals surface area contributed by atoms with E-state index in [1.54, 1.807) is 5.57 Å². The molecule has 0 aromatic carbocycles. The molecule has 0 bridgehead atoms. The molecule has 0 atom stereocenters. The molecular weight excluding hydrogens is 404 g/mol. The molecule has 0 N–H and O–H groups in total. The summed E-state index contributed by atoms with van der Waals surface area (Å²) in [6.45, 7) is 35.1. The summed E-state index contributed by atoms with van der Waals surface area (Å²) in [7, 11) is 2.19. The van der Waals surface area contributed by atoms with Crippen LogP contribution in [-0.4, -0.2) is 95.6 Å². The van der Waals surface area contributed by atoms with Crippen LogP contribution in [0.3, 0.4) is 0 Å². The van der Waals surface area contributed by atoms with Gasteiger partial charge in [0.2, 0.25) is 0 Å². The fourth-order valence-corrected chi connectivity index (χ4v) is 4.54. The molecule has 0 unspecified atom stereocenters. The van der Waals surface area contributed by atoms with Crippen molar-refractivity contribution < 1.29 is 0 Å². The van der Waals surface area contributed by atoms with E-state index >= 15 is 0 Å². The van der Waals surface area contributed by atoms with Crippen molar-refractivity contribution in [3.8, 4) is 0 Å². The number of nitrogens with zero attached hydrogens (tertiary/aromatic N) is 4. The summed E-state index contributed by atoms with van der Waals surface area (Å²) in [6, 6.07) is 0. The van der Waals surface area contributed by atoms with Crippen LogP contribution in [0.4, 0.5) is 0 Å². The molecule has 3 heterocycles. The van der Waals surface area contributed by atoms with E-state index in [1.165, 1.54) is 65.1 Å². The zero-order valence-corrected chi connectivity index (χ0v) is 24.7. The van der Waals surface area contributed by atoms with Crippen molar-refractivity contribution in [1.29, 1.82) is 0 Å². The largest absolute Gasteiger partial charge is 0.304 e. The average Bonchev–Trinajstić information content (AvgIpc) is 2.68. The van der Waals surface area contributed by atoms with Crippen molar-refractivity contribution in [1.82, 2.24) is 19.6 Å². The summed E-state index contributed by atoms with van der Waals surface area (Å²) >= 11 is 0. The summed E-state index contributed by atoms with van der Waals surface area (Å²) in [5, 5.41) is 0. The van der Waals surface area contributed by atoms with Gasteiger partial charge in [0.25, 0.3) is 0 Å². The molecule has 3 aliphatic heterocycles. The maximum atomic E-state index is 2.59. The Morgan fingerprint density at radius 3 is 1.42 bits per heavy atom. The molecule has 2 saturated heterocycles. The van der Waals surface area contributed by atoms with Crippen LogP contribution in [0.25, 0.3) is 0 Å². The Kier molecular flexibility index (Phi) is 12.1. The fourth-order valence-electron chi connectivity index (χ4n) is 4.54. The summed E-state index contributed by atoms with van der Waals surface area (Å²) in [4.78, 5) is 10.0. The molecule has 3 rings (SSSR count). The lowest BCUT2D eigenvalue weighted by molar-refractivity contribution is 0.0735. The molecule has 0 spiro atoms. The first kappa shape index (κ1) is 30.6. The maximum absolute atomic E-state index is 2.59. The highest BCUT2D eigenvalue weighted by Gasteiger charge is 2.25. The second-order valence-electron chi connectivity index (χ2n) is 13.7. The number of hydrogen-bond donors (Lipinski definition) is 0. The van der Waals surface area contributed by atoms with Gasteiger partial charge in [-0.1, -0.05) is 18.6 Å². The lowest BCUT2D eigenvalue weighted by Gasteiger charge is -2.41. The summed E-state index contributed by atoms with van der Waals surface area (Å²) in [5.74, 6) is 0.952. The molecule has 0 amide bonds. The third kappa shape index (κ3) is 12.2. The molecular formula is C29H60N4. The Bertz CT molecular complexity index is 528. The first-order chi connectivity index (χ1) is 15.0. The van der Waals surface area contributed by atoms with Gasteiger partial charge in [-0.25, -0.2) is 0 Å². The second-order valence-corrected chi connectivity index (χ2v) is 13.7. The van der Waals surface area contributed by atoms with E-state index in [0.29, 0.717) is 16.6 Å². The Labute approximate surface area is 208 Å². The van der Waals surface area contributed by atoms with Crippen LogP contribution in [0.1, 0.15) is 95.4 Å². The van der Waals surface area contributed by atoms with Gasteiger partial charge in [-0.3, -0.25) is 14.7 Å². The third-order valence-electron chi connectivity index (χ3n) is 7.57. The maximum Gasteiger partial charge on any atom is 0.0171 e. The van der Waals surface area contributed by atoms with Crippen molar-refractivity contribution in [3.05, 3.63) is 11.6 Å². The Hall–Kier alpha value is -0.420. The van der Waals surface area contributed by atoms with Crippen LogP contribution in [0.5, 0.6) is 0 Å².